The first kappa shape index (κ1) is 16.9. The largest absolute Gasteiger partial charge is 0.351 e. The van der Waals surface area contributed by atoms with E-state index in [9.17, 15) is 18.0 Å². The number of nitrogens with zero attached hydrogens (tertiary/aromatic N) is 3. The Morgan fingerprint density at radius 2 is 1.79 bits per heavy atom. The first-order chi connectivity index (χ1) is 11.2. The molecule has 132 valence electrons. The molecule has 9 heteroatoms. The number of fused-ring (bicyclic) bond motifs is 1. The highest BCUT2D eigenvalue weighted by Crippen LogP contribution is 2.28. The number of carbonyl (C=O) groups excluding carboxylic acids is 2. The molecule has 2 saturated heterocycles. The van der Waals surface area contributed by atoms with Gasteiger partial charge < -0.3 is 14.3 Å². The molecule has 3 heterocycles. The molecule has 0 N–H and O–H groups in total. The Labute approximate surface area is 140 Å². The number of carbonyl (C=O) groups is 2. The Hall–Kier alpha value is -1.90. The lowest BCUT2D eigenvalue weighted by Crippen LogP contribution is -2.61. The molecule has 0 aromatic carbocycles. The molecule has 3 rings (SSSR count). The first-order valence-electron chi connectivity index (χ1n) is 7.95. The normalized spacial score (nSPS) is 25.8. The van der Waals surface area contributed by atoms with Gasteiger partial charge in [-0.05, 0) is 5.92 Å². The molecular formula is C15H21N3O5S. The van der Waals surface area contributed by atoms with Gasteiger partial charge in [-0.3, -0.25) is 9.59 Å². The van der Waals surface area contributed by atoms with Crippen LogP contribution in [0.15, 0.2) is 10.6 Å². The minimum Gasteiger partial charge on any atom is -0.351 e. The minimum absolute atomic E-state index is 0.103. The Kier molecular flexibility index (Phi) is 4.15. The lowest BCUT2D eigenvalue weighted by molar-refractivity contribution is -0.133. The summed E-state index contributed by atoms with van der Waals surface area (Å²) in [6.45, 7) is 5.91. The fourth-order valence-corrected chi connectivity index (χ4v) is 5.38. The van der Waals surface area contributed by atoms with Crippen LogP contribution < -0.4 is 0 Å². The highest BCUT2D eigenvalue weighted by molar-refractivity contribution is 7.91. The highest BCUT2D eigenvalue weighted by atomic mass is 32.2. The van der Waals surface area contributed by atoms with Gasteiger partial charge in [0.05, 0.1) is 29.3 Å². The van der Waals surface area contributed by atoms with Crippen LogP contribution in [0.2, 0.25) is 0 Å². The van der Waals surface area contributed by atoms with Gasteiger partial charge in [0.15, 0.2) is 9.84 Å². The molecule has 1 aromatic heterocycles. The van der Waals surface area contributed by atoms with Gasteiger partial charge in [-0.1, -0.05) is 19.0 Å². The van der Waals surface area contributed by atoms with Crippen molar-refractivity contribution in [3.8, 4) is 0 Å². The summed E-state index contributed by atoms with van der Waals surface area (Å²) in [5, 5.41) is 3.88. The van der Waals surface area contributed by atoms with E-state index in [0.29, 0.717) is 12.2 Å². The molecular weight excluding hydrogens is 334 g/mol. The molecule has 2 amide bonds. The number of aromatic nitrogens is 1. The van der Waals surface area contributed by atoms with Crippen molar-refractivity contribution in [3.63, 3.8) is 0 Å². The predicted octanol–water partition coefficient (Wildman–Crippen LogP) is 0.268. The Morgan fingerprint density at radius 3 is 2.33 bits per heavy atom. The van der Waals surface area contributed by atoms with Gasteiger partial charge in [0.2, 0.25) is 11.7 Å². The number of sulfone groups is 1. The zero-order valence-corrected chi connectivity index (χ0v) is 14.7. The van der Waals surface area contributed by atoms with Gasteiger partial charge in [-0.2, -0.15) is 0 Å². The molecule has 2 atom stereocenters. The first-order valence-corrected chi connectivity index (χ1v) is 9.77. The standard InChI is InChI=1S/C15H21N3O5S/c1-9(2)11-6-14(23-16-11)15(20)18-5-4-17(10(3)19)12-7-24(21,22)8-13(12)18/h6,9,12-13H,4-5,7-8H2,1-3H3/t12-,13+/m1/s1. The van der Waals surface area contributed by atoms with Crippen molar-refractivity contribution in [1.82, 2.24) is 15.0 Å². The summed E-state index contributed by atoms with van der Waals surface area (Å²) in [5.74, 6) is -0.532. The van der Waals surface area contributed by atoms with Gasteiger partial charge >= 0.3 is 0 Å². The number of hydrogen-bond donors (Lipinski definition) is 0. The van der Waals surface area contributed by atoms with Gasteiger partial charge in [-0.25, -0.2) is 8.42 Å². The number of piperazine rings is 1. The number of rotatable bonds is 2. The summed E-state index contributed by atoms with van der Waals surface area (Å²) in [5.41, 5.74) is 0.677. The van der Waals surface area contributed by atoms with Crippen LogP contribution >= 0.6 is 0 Å². The third kappa shape index (κ3) is 2.92. The Morgan fingerprint density at radius 1 is 1.21 bits per heavy atom. The summed E-state index contributed by atoms with van der Waals surface area (Å²) in [7, 11) is -3.29. The maximum Gasteiger partial charge on any atom is 0.292 e. The molecule has 0 spiro atoms. The van der Waals surface area contributed by atoms with Crippen LogP contribution in [0.1, 0.15) is 42.9 Å². The van der Waals surface area contributed by atoms with Crippen LogP contribution in [0.25, 0.3) is 0 Å². The molecule has 24 heavy (non-hydrogen) atoms. The summed E-state index contributed by atoms with van der Waals surface area (Å²) in [4.78, 5) is 27.6. The van der Waals surface area contributed by atoms with Crippen LogP contribution in [0.4, 0.5) is 0 Å². The number of hydrogen-bond acceptors (Lipinski definition) is 6. The zero-order chi connectivity index (χ0) is 17.6. The van der Waals surface area contributed by atoms with Crippen molar-refractivity contribution in [2.45, 2.75) is 38.8 Å². The summed E-state index contributed by atoms with van der Waals surface area (Å²) in [6, 6.07) is 0.577. The second kappa shape index (κ2) is 5.87. The van der Waals surface area contributed by atoms with Crippen molar-refractivity contribution < 1.29 is 22.5 Å². The molecule has 0 aliphatic carbocycles. The molecule has 8 nitrogen and oxygen atoms in total. The van der Waals surface area contributed by atoms with Gasteiger partial charge in [0.1, 0.15) is 0 Å². The second-order valence-electron chi connectivity index (χ2n) is 6.69. The maximum absolute atomic E-state index is 12.8. The van der Waals surface area contributed by atoms with E-state index in [1.54, 1.807) is 11.0 Å². The fraction of sp³-hybridized carbons (Fsp3) is 0.667. The second-order valence-corrected chi connectivity index (χ2v) is 8.85. The van der Waals surface area contributed by atoms with E-state index in [1.165, 1.54) is 11.8 Å². The Bertz CT molecular complexity index is 770. The monoisotopic (exact) mass is 355 g/mol. The van der Waals surface area contributed by atoms with Gasteiger partial charge in [0.25, 0.3) is 5.91 Å². The summed E-state index contributed by atoms with van der Waals surface area (Å²) < 4.78 is 29.2. The molecule has 0 saturated carbocycles. The number of amides is 2. The zero-order valence-electron chi connectivity index (χ0n) is 13.9. The Balaban J connectivity index is 1.88. The van der Waals surface area contributed by atoms with Crippen LogP contribution in [-0.2, 0) is 14.6 Å². The maximum atomic E-state index is 12.8. The van der Waals surface area contributed by atoms with Gasteiger partial charge in [-0.15, -0.1) is 0 Å². The molecule has 0 unspecified atom stereocenters. The lowest BCUT2D eigenvalue weighted by atomic mass is 10.0. The van der Waals surface area contributed by atoms with Crippen LogP contribution in [-0.4, -0.2) is 71.9 Å². The van der Waals surface area contributed by atoms with Crippen molar-refractivity contribution in [1.29, 1.82) is 0 Å². The van der Waals surface area contributed by atoms with E-state index >= 15 is 0 Å². The molecule has 2 aliphatic heterocycles. The van der Waals surface area contributed by atoms with E-state index in [2.05, 4.69) is 5.16 Å². The van der Waals surface area contributed by atoms with Crippen LogP contribution in [0, 0.1) is 0 Å². The predicted molar refractivity (Wildman–Crippen MR) is 85.2 cm³/mol. The van der Waals surface area contributed by atoms with Crippen molar-refractivity contribution in [2.75, 3.05) is 24.6 Å². The molecule has 0 radical (unpaired) electrons. The molecule has 1 aromatic rings. The average molecular weight is 355 g/mol. The lowest BCUT2D eigenvalue weighted by Gasteiger charge is -2.43. The van der Waals surface area contributed by atoms with E-state index in [-0.39, 0.29) is 41.5 Å². The quantitative estimate of drug-likeness (QED) is 0.755. The van der Waals surface area contributed by atoms with E-state index in [4.69, 9.17) is 4.52 Å². The molecule has 0 bridgehead atoms. The van der Waals surface area contributed by atoms with Gasteiger partial charge in [0, 0.05) is 26.1 Å². The molecule has 2 aliphatic rings. The summed E-state index contributed by atoms with van der Waals surface area (Å²) >= 11 is 0. The highest BCUT2D eigenvalue weighted by Gasteiger charge is 2.49. The topological polar surface area (TPSA) is 101 Å². The summed E-state index contributed by atoms with van der Waals surface area (Å²) in [6.07, 6.45) is 0. The minimum atomic E-state index is -3.29. The fourth-order valence-electron chi connectivity index (χ4n) is 3.40. The van der Waals surface area contributed by atoms with E-state index in [1.807, 2.05) is 13.8 Å². The third-order valence-electron chi connectivity index (χ3n) is 4.67. The van der Waals surface area contributed by atoms with Crippen molar-refractivity contribution in [2.24, 2.45) is 0 Å². The third-order valence-corrected chi connectivity index (χ3v) is 6.37. The van der Waals surface area contributed by atoms with Crippen molar-refractivity contribution >= 4 is 21.7 Å². The average Bonchev–Trinajstić information content (AvgIpc) is 3.08. The van der Waals surface area contributed by atoms with Crippen molar-refractivity contribution in [3.05, 3.63) is 17.5 Å². The van der Waals surface area contributed by atoms with E-state index in [0.717, 1.165) is 0 Å². The SMILES string of the molecule is CC(=O)N1CCN(C(=O)c2cc(C(C)C)no2)[C@H]2CS(=O)(=O)C[C@H]21. The van der Waals surface area contributed by atoms with Crippen LogP contribution in [0.3, 0.4) is 0 Å². The van der Waals surface area contributed by atoms with Crippen LogP contribution in [0.5, 0.6) is 0 Å². The van der Waals surface area contributed by atoms with E-state index < -0.39 is 21.9 Å². The smallest absolute Gasteiger partial charge is 0.292 e. The molecule has 2 fully saturated rings.